The van der Waals surface area contributed by atoms with Gasteiger partial charge in [0.15, 0.2) is 0 Å². The second kappa shape index (κ2) is 5.27. The van der Waals surface area contributed by atoms with Gasteiger partial charge in [0.2, 0.25) is 0 Å². The van der Waals surface area contributed by atoms with Crippen molar-refractivity contribution in [1.82, 2.24) is 10.3 Å². The molecule has 1 aliphatic rings. The summed E-state index contributed by atoms with van der Waals surface area (Å²) in [4.78, 5) is 3.61. The number of aromatic amines is 1. The maximum absolute atomic E-state index is 3.68. The summed E-state index contributed by atoms with van der Waals surface area (Å²) in [6.45, 7) is 0.998. The molecular formula is C17H14Br2N2. The Labute approximate surface area is 140 Å². The van der Waals surface area contributed by atoms with Gasteiger partial charge < -0.3 is 10.3 Å². The maximum Gasteiger partial charge on any atom is 0.0743 e. The van der Waals surface area contributed by atoms with Gasteiger partial charge >= 0.3 is 0 Å². The second-order valence-corrected chi connectivity index (χ2v) is 7.14. The van der Waals surface area contributed by atoms with Crippen molar-refractivity contribution in [3.8, 4) is 0 Å². The number of nitrogens with one attached hydrogen (secondary N) is 2. The van der Waals surface area contributed by atoms with Gasteiger partial charge in [-0.3, -0.25) is 0 Å². The molecule has 2 N–H and O–H groups in total. The highest BCUT2D eigenvalue weighted by Crippen LogP contribution is 2.36. The molecular weight excluding hydrogens is 392 g/mol. The van der Waals surface area contributed by atoms with Crippen molar-refractivity contribution in [1.29, 1.82) is 0 Å². The molecule has 1 unspecified atom stereocenters. The lowest BCUT2D eigenvalue weighted by atomic mass is 9.94. The van der Waals surface area contributed by atoms with E-state index in [1.165, 1.54) is 27.7 Å². The van der Waals surface area contributed by atoms with Crippen LogP contribution in [0.25, 0.3) is 10.9 Å². The predicted molar refractivity (Wildman–Crippen MR) is 93.7 cm³/mol. The van der Waals surface area contributed by atoms with Gasteiger partial charge in [0.25, 0.3) is 0 Å². The average Bonchev–Trinajstić information content (AvgIpc) is 2.86. The highest BCUT2D eigenvalue weighted by Gasteiger charge is 2.26. The zero-order chi connectivity index (χ0) is 14.4. The zero-order valence-corrected chi connectivity index (χ0v) is 14.5. The lowest BCUT2D eigenvalue weighted by molar-refractivity contribution is 0.559. The van der Waals surface area contributed by atoms with Crippen molar-refractivity contribution in [3.05, 3.63) is 68.2 Å². The molecule has 4 heteroatoms. The van der Waals surface area contributed by atoms with Crippen LogP contribution < -0.4 is 5.32 Å². The SMILES string of the molecule is Brc1ccc2[nH]c3c(c2c1)CCNC3c1ccccc1Br. The Morgan fingerprint density at radius 2 is 1.90 bits per heavy atom. The van der Waals surface area contributed by atoms with Crippen LogP contribution in [-0.2, 0) is 6.42 Å². The number of fused-ring (bicyclic) bond motifs is 3. The van der Waals surface area contributed by atoms with Crippen molar-refractivity contribution < 1.29 is 0 Å². The lowest BCUT2D eigenvalue weighted by Gasteiger charge is -2.25. The molecule has 0 aliphatic carbocycles. The van der Waals surface area contributed by atoms with Gasteiger partial charge in [-0.15, -0.1) is 0 Å². The van der Waals surface area contributed by atoms with E-state index in [0.29, 0.717) is 0 Å². The summed E-state index contributed by atoms with van der Waals surface area (Å²) >= 11 is 7.26. The van der Waals surface area contributed by atoms with Crippen LogP contribution >= 0.6 is 31.9 Å². The van der Waals surface area contributed by atoms with E-state index in [0.717, 1.165) is 21.9 Å². The molecule has 0 bridgehead atoms. The summed E-state index contributed by atoms with van der Waals surface area (Å²) in [5, 5.41) is 4.97. The Morgan fingerprint density at radius 3 is 2.76 bits per heavy atom. The van der Waals surface area contributed by atoms with Crippen molar-refractivity contribution in [2.75, 3.05) is 6.54 Å². The number of halogens is 2. The monoisotopic (exact) mass is 404 g/mol. The third-order valence-corrected chi connectivity index (χ3v) is 5.34. The van der Waals surface area contributed by atoms with Crippen molar-refractivity contribution in [2.45, 2.75) is 12.5 Å². The number of H-pyrrole nitrogens is 1. The molecule has 1 aliphatic heterocycles. The molecule has 4 rings (SSSR count). The first-order chi connectivity index (χ1) is 10.2. The molecule has 106 valence electrons. The minimum absolute atomic E-state index is 0.218. The number of hydrogen-bond donors (Lipinski definition) is 2. The summed E-state index contributed by atoms with van der Waals surface area (Å²) < 4.78 is 2.28. The van der Waals surface area contributed by atoms with Crippen LogP contribution in [0.5, 0.6) is 0 Å². The average molecular weight is 406 g/mol. The maximum atomic E-state index is 3.68. The van der Waals surface area contributed by atoms with Crippen LogP contribution in [0.3, 0.4) is 0 Å². The van der Waals surface area contributed by atoms with Crippen molar-refractivity contribution in [2.24, 2.45) is 0 Å². The van der Waals surface area contributed by atoms with E-state index in [1.54, 1.807) is 0 Å². The number of rotatable bonds is 1. The molecule has 3 aromatic rings. The number of benzene rings is 2. The number of aromatic nitrogens is 1. The fraction of sp³-hybridized carbons (Fsp3) is 0.176. The van der Waals surface area contributed by atoms with E-state index in [2.05, 4.69) is 84.6 Å². The van der Waals surface area contributed by atoms with Gasteiger partial charge in [-0.2, -0.15) is 0 Å². The van der Waals surface area contributed by atoms with Crippen LogP contribution in [0.2, 0.25) is 0 Å². The summed E-state index contributed by atoms with van der Waals surface area (Å²) in [7, 11) is 0. The third-order valence-electron chi connectivity index (χ3n) is 4.13. The van der Waals surface area contributed by atoms with Crippen LogP contribution in [0, 0.1) is 0 Å². The highest BCUT2D eigenvalue weighted by atomic mass is 79.9. The lowest BCUT2D eigenvalue weighted by Crippen LogP contribution is -2.30. The Morgan fingerprint density at radius 1 is 1.05 bits per heavy atom. The van der Waals surface area contributed by atoms with E-state index < -0.39 is 0 Å². The summed E-state index contributed by atoms with van der Waals surface area (Å²) in [6, 6.07) is 15.1. The Bertz CT molecular complexity index is 823. The first-order valence-electron chi connectivity index (χ1n) is 7.02. The normalized spacial score (nSPS) is 17.9. The Kier molecular flexibility index (Phi) is 3.40. The summed E-state index contributed by atoms with van der Waals surface area (Å²) in [6.07, 6.45) is 1.06. The quantitative estimate of drug-likeness (QED) is 0.590. The highest BCUT2D eigenvalue weighted by molar-refractivity contribution is 9.10. The predicted octanol–water partition coefficient (Wildman–Crippen LogP) is 4.93. The van der Waals surface area contributed by atoms with Crippen molar-refractivity contribution >= 4 is 42.8 Å². The molecule has 0 spiro atoms. The topological polar surface area (TPSA) is 27.8 Å². The van der Waals surface area contributed by atoms with Crippen LogP contribution in [0.4, 0.5) is 0 Å². The van der Waals surface area contributed by atoms with E-state index in [1.807, 2.05) is 0 Å². The van der Waals surface area contributed by atoms with Gasteiger partial charge in [-0.25, -0.2) is 0 Å². The summed E-state index contributed by atoms with van der Waals surface area (Å²) in [5.74, 6) is 0. The van der Waals surface area contributed by atoms with Crippen LogP contribution in [0.15, 0.2) is 51.4 Å². The van der Waals surface area contributed by atoms with E-state index >= 15 is 0 Å². The van der Waals surface area contributed by atoms with E-state index in [4.69, 9.17) is 0 Å². The van der Waals surface area contributed by atoms with E-state index in [-0.39, 0.29) is 6.04 Å². The fourth-order valence-electron chi connectivity index (χ4n) is 3.17. The molecule has 21 heavy (non-hydrogen) atoms. The Hall–Kier alpha value is -1.10. The van der Waals surface area contributed by atoms with Crippen LogP contribution in [0.1, 0.15) is 22.9 Å². The molecule has 0 amide bonds. The molecule has 0 radical (unpaired) electrons. The molecule has 1 aromatic heterocycles. The van der Waals surface area contributed by atoms with Gasteiger partial charge in [0.05, 0.1) is 6.04 Å². The van der Waals surface area contributed by atoms with Crippen molar-refractivity contribution in [3.63, 3.8) is 0 Å². The molecule has 0 saturated heterocycles. The second-order valence-electron chi connectivity index (χ2n) is 5.37. The molecule has 2 nitrogen and oxygen atoms in total. The molecule has 2 heterocycles. The molecule has 0 saturated carbocycles. The minimum atomic E-state index is 0.218. The first-order valence-corrected chi connectivity index (χ1v) is 8.60. The van der Waals surface area contributed by atoms with E-state index in [9.17, 15) is 0 Å². The Balaban J connectivity index is 1.92. The first kappa shape index (κ1) is 13.6. The fourth-order valence-corrected chi connectivity index (χ4v) is 4.05. The zero-order valence-electron chi connectivity index (χ0n) is 11.3. The standard InChI is InChI=1S/C17H14Br2N2/c18-10-5-6-15-13(9-10)11-7-8-20-16(17(11)21-15)12-3-1-2-4-14(12)19/h1-6,9,16,20-21H,7-8H2. The van der Waals surface area contributed by atoms with Crippen LogP contribution in [-0.4, -0.2) is 11.5 Å². The van der Waals surface area contributed by atoms with Gasteiger partial charge in [0.1, 0.15) is 0 Å². The molecule has 0 fully saturated rings. The summed E-state index contributed by atoms with van der Waals surface area (Å²) in [5.41, 5.74) is 5.22. The number of hydrogen-bond acceptors (Lipinski definition) is 1. The third kappa shape index (κ3) is 2.26. The largest absolute Gasteiger partial charge is 0.357 e. The molecule has 2 aromatic carbocycles. The van der Waals surface area contributed by atoms with Gasteiger partial charge in [-0.1, -0.05) is 50.1 Å². The molecule has 1 atom stereocenters. The smallest absolute Gasteiger partial charge is 0.0743 e. The minimum Gasteiger partial charge on any atom is -0.357 e. The van der Waals surface area contributed by atoms with Gasteiger partial charge in [0, 0.05) is 32.1 Å². The van der Waals surface area contributed by atoms with Gasteiger partial charge in [-0.05, 0) is 41.8 Å².